The van der Waals surface area contributed by atoms with Crippen molar-refractivity contribution in [1.29, 1.82) is 5.26 Å². The summed E-state index contributed by atoms with van der Waals surface area (Å²) in [6.45, 7) is 1.65. The van der Waals surface area contributed by atoms with Gasteiger partial charge in [0.1, 0.15) is 23.4 Å². The van der Waals surface area contributed by atoms with E-state index in [0.29, 0.717) is 28.9 Å². The van der Waals surface area contributed by atoms with E-state index in [-0.39, 0.29) is 18.9 Å². The number of carbonyl (C=O) groups excluding carboxylic acids is 1. The van der Waals surface area contributed by atoms with Gasteiger partial charge in [-0.25, -0.2) is 4.98 Å². The number of thiophene rings is 1. The van der Waals surface area contributed by atoms with Crippen molar-refractivity contribution in [2.45, 2.75) is 51.9 Å². The van der Waals surface area contributed by atoms with Gasteiger partial charge in [-0.3, -0.25) is 9.69 Å². The van der Waals surface area contributed by atoms with Gasteiger partial charge < -0.3 is 9.88 Å². The molecule has 2 heterocycles. The highest BCUT2D eigenvalue weighted by Gasteiger charge is 2.29. The molecule has 2 aromatic heterocycles. The molecule has 0 spiro atoms. The Morgan fingerprint density at radius 1 is 1.50 bits per heavy atom. The second kappa shape index (κ2) is 9.18. The molecule has 162 valence electrons. The van der Waals surface area contributed by atoms with Gasteiger partial charge in [0, 0.05) is 30.2 Å². The molecule has 1 unspecified atom stereocenters. The van der Waals surface area contributed by atoms with Crippen molar-refractivity contribution in [3.8, 4) is 6.07 Å². The van der Waals surface area contributed by atoms with E-state index in [1.54, 1.807) is 11.9 Å². The highest BCUT2D eigenvalue weighted by molar-refractivity contribution is 7.16. The average molecular weight is 440 g/mol. The molecule has 0 aliphatic heterocycles. The van der Waals surface area contributed by atoms with Crippen molar-refractivity contribution in [2.24, 2.45) is 5.92 Å². The lowest BCUT2D eigenvalue weighted by Gasteiger charge is -2.17. The molecular formula is C20H24F3N5OS. The summed E-state index contributed by atoms with van der Waals surface area (Å²) in [5.74, 6) is 0.649. The Hall–Kier alpha value is -2.38. The largest absolute Gasteiger partial charge is 0.406 e. The Balaban J connectivity index is 1.54. The van der Waals surface area contributed by atoms with Crippen molar-refractivity contribution in [3.05, 3.63) is 34.2 Å². The topological polar surface area (TPSA) is 74.0 Å². The number of alkyl halides is 3. The van der Waals surface area contributed by atoms with Crippen LogP contribution in [-0.4, -0.2) is 40.1 Å². The summed E-state index contributed by atoms with van der Waals surface area (Å²) < 4.78 is 38.9. The number of hydrogen-bond acceptors (Lipinski definition) is 5. The van der Waals surface area contributed by atoms with Crippen LogP contribution in [0.5, 0.6) is 0 Å². The lowest BCUT2D eigenvalue weighted by atomic mass is 9.89. The van der Waals surface area contributed by atoms with Gasteiger partial charge in [0.05, 0.1) is 12.1 Å². The van der Waals surface area contributed by atoms with Gasteiger partial charge in [0.2, 0.25) is 5.91 Å². The first kappa shape index (κ1) is 22.3. The van der Waals surface area contributed by atoms with Crippen LogP contribution in [0, 0.1) is 17.2 Å². The van der Waals surface area contributed by atoms with Crippen LogP contribution in [0.4, 0.5) is 18.2 Å². The SMILES string of the molecule is CC1CCc2c(sc(NC(=O)CCN(C)Cc3nccn3CC(F)(F)F)c2C#N)C1. The van der Waals surface area contributed by atoms with E-state index in [1.165, 1.54) is 28.6 Å². The molecule has 30 heavy (non-hydrogen) atoms. The number of amides is 1. The molecule has 0 saturated heterocycles. The van der Waals surface area contributed by atoms with Crippen LogP contribution in [0.3, 0.4) is 0 Å². The van der Waals surface area contributed by atoms with Crippen LogP contribution >= 0.6 is 11.3 Å². The minimum Gasteiger partial charge on any atom is -0.325 e. The Labute approximate surface area is 177 Å². The van der Waals surface area contributed by atoms with Crippen LogP contribution in [0.2, 0.25) is 0 Å². The number of aromatic nitrogens is 2. The summed E-state index contributed by atoms with van der Waals surface area (Å²) in [4.78, 5) is 19.3. The van der Waals surface area contributed by atoms with Crippen molar-refractivity contribution in [1.82, 2.24) is 14.5 Å². The lowest BCUT2D eigenvalue weighted by Crippen LogP contribution is -2.27. The zero-order valence-corrected chi connectivity index (χ0v) is 17.7. The van der Waals surface area contributed by atoms with E-state index in [2.05, 4.69) is 23.3 Å². The van der Waals surface area contributed by atoms with Gasteiger partial charge in [-0.1, -0.05) is 6.92 Å². The number of rotatable bonds is 7. The summed E-state index contributed by atoms with van der Waals surface area (Å²) in [6.07, 6.45) is 1.32. The maximum absolute atomic E-state index is 12.6. The minimum atomic E-state index is -4.32. The molecule has 1 atom stereocenters. The van der Waals surface area contributed by atoms with Crippen molar-refractivity contribution in [3.63, 3.8) is 0 Å². The number of fused-ring (bicyclic) bond motifs is 1. The fourth-order valence-corrected chi connectivity index (χ4v) is 4.97. The van der Waals surface area contributed by atoms with E-state index in [9.17, 15) is 23.2 Å². The van der Waals surface area contributed by atoms with Gasteiger partial charge in [0.15, 0.2) is 0 Å². The van der Waals surface area contributed by atoms with Gasteiger partial charge in [-0.05, 0) is 37.8 Å². The van der Waals surface area contributed by atoms with E-state index in [4.69, 9.17) is 0 Å². The molecule has 0 aromatic carbocycles. The molecule has 6 nitrogen and oxygen atoms in total. The molecule has 3 rings (SSSR count). The van der Waals surface area contributed by atoms with Gasteiger partial charge in [0.25, 0.3) is 0 Å². The van der Waals surface area contributed by atoms with Crippen LogP contribution < -0.4 is 5.32 Å². The number of nitriles is 1. The van der Waals surface area contributed by atoms with E-state index in [0.717, 1.165) is 29.4 Å². The highest BCUT2D eigenvalue weighted by Crippen LogP contribution is 2.39. The lowest BCUT2D eigenvalue weighted by molar-refractivity contribution is -0.141. The molecule has 0 bridgehead atoms. The number of anilines is 1. The first-order valence-electron chi connectivity index (χ1n) is 9.76. The van der Waals surface area contributed by atoms with Crippen LogP contribution in [0.15, 0.2) is 12.4 Å². The number of carbonyl (C=O) groups is 1. The van der Waals surface area contributed by atoms with Gasteiger partial charge in [-0.15, -0.1) is 11.3 Å². The van der Waals surface area contributed by atoms with Gasteiger partial charge in [-0.2, -0.15) is 18.4 Å². The van der Waals surface area contributed by atoms with E-state index >= 15 is 0 Å². The molecule has 1 aliphatic rings. The van der Waals surface area contributed by atoms with Crippen LogP contribution in [-0.2, 0) is 30.7 Å². The van der Waals surface area contributed by atoms with Crippen molar-refractivity contribution in [2.75, 3.05) is 18.9 Å². The third-order valence-electron chi connectivity index (χ3n) is 5.16. The predicted octanol–water partition coefficient (Wildman–Crippen LogP) is 3.96. The van der Waals surface area contributed by atoms with Crippen LogP contribution in [0.25, 0.3) is 0 Å². The predicted molar refractivity (Wildman–Crippen MR) is 108 cm³/mol. The summed E-state index contributed by atoms with van der Waals surface area (Å²) in [5, 5.41) is 13.0. The molecule has 0 radical (unpaired) electrons. The van der Waals surface area contributed by atoms with E-state index < -0.39 is 12.7 Å². The third-order valence-corrected chi connectivity index (χ3v) is 6.33. The number of hydrogen-bond donors (Lipinski definition) is 1. The summed E-state index contributed by atoms with van der Waals surface area (Å²) in [6, 6.07) is 2.23. The first-order valence-corrected chi connectivity index (χ1v) is 10.6. The minimum absolute atomic E-state index is 0.167. The molecule has 0 saturated carbocycles. The molecule has 10 heteroatoms. The number of imidazole rings is 1. The second-order valence-corrected chi connectivity index (χ2v) is 8.90. The maximum Gasteiger partial charge on any atom is 0.406 e. The third kappa shape index (κ3) is 5.61. The molecule has 0 fully saturated rings. The number of halogens is 3. The van der Waals surface area contributed by atoms with Gasteiger partial charge >= 0.3 is 6.18 Å². The standard InChI is InChI=1S/C20H24F3N5OS/c1-13-3-4-14-15(10-24)19(30-16(14)9-13)26-18(29)5-7-27(2)11-17-25-6-8-28(17)12-20(21,22)23/h6,8,13H,3-5,7,9,11-12H2,1-2H3,(H,26,29). The molecule has 1 N–H and O–H groups in total. The molecule has 2 aromatic rings. The summed E-state index contributed by atoms with van der Waals surface area (Å²) in [7, 11) is 1.73. The van der Waals surface area contributed by atoms with Crippen molar-refractivity contribution >= 4 is 22.2 Å². The second-order valence-electron chi connectivity index (χ2n) is 7.79. The Morgan fingerprint density at radius 2 is 2.27 bits per heavy atom. The quantitative estimate of drug-likeness (QED) is 0.709. The fraction of sp³-hybridized carbons (Fsp3) is 0.550. The van der Waals surface area contributed by atoms with Crippen LogP contribution in [0.1, 0.15) is 41.6 Å². The Morgan fingerprint density at radius 3 is 2.97 bits per heavy atom. The highest BCUT2D eigenvalue weighted by atomic mass is 32.1. The maximum atomic E-state index is 12.6. The fourth-order valence-electron chi connectivity index (χ4n) is 3.59. The Bertz CT molecular complexity index is 943. The zero-order valence-electron chi connectivity index (χ0n) is 16.9. The number of nitrogens with zero attached hydrogens (tertiary/aromatic N) is 4. The first-order chi connectivity index (χ1) is 14.2. The normalized spacial score (nSPS) is 16.4. The zero-order chi connectivity index (χ0) is 21.9. The monoisotopic (exact) mass is 439 g/mol. The van der Waals surface area contributed by atoms with Crippen molar-refractivity contribution < 1.29 is 18.0 Å². The van der Waals surface area contributed by atoms with E-state index in [1.807, 2.05) is 0 Å². The average Bonchev–Trinajstić information content (AvgIpc) is 3.21. The molecular weight excluding hydrogens is 415 g/mol. The number of nitrogens with one attached hydrogen (secondary N) is 1. The summed E-state index contributed by atoms with van der Waals surface area (Å²) >= 11 is 1.48. The molecule has 1 aliphatic carbocycles. The summed E-state index contributed by atoms with van der Waals surface area (Å²) in [5.41, 5.74) is 1.63. The molecule has 1 amide bonds. The smallest absolute Gasteiger partial charge is 0.325 e. The Kier molecular flexibility index (Phi) is 6.83.